The van der Waals surface area contributed by atoms with Crippen LogP contribution in [0.1, 0.15) is 5.56 Å². The summed E-state index contributed by atoms with van der Waals surface area (Å²) in [6.45, 7) is 0. The van der Waals surface area contributed by atoms with E-state index in [0.29, 0.717) is 0 Å². The van der Waals surface area contributed by atoms with Crippen molar-refractivity contribution in [3.63, 3.8) is 0 Å². The Balaban J connectivity index is 2.47. The Morgan fingerprint density at radius 2 is 2.00 bits per heavy atom. The summed E-state index contributed by atoms with van der Waals surface area (Å²) in [6.07, 6.45) is 0. The highest BCUT2D eigenvalue weighted by molar-refractivity contribution is 6.17. The number of hydrogen-bond acceptors (Lipinski definition) is 3. The summed E-state index contributed by atoms with van der Waals surface area (Å²) < 4.78 is 31.9. The van der Waals surface area contributed by atoms with Gasteiger partial charge < -0.3 is 4.74 Å². The van der Waals surface area contributed by atoms with Crippen molar-refractivity contribution in [3.8, 4) is 11.5 Å². The molecule has 0 saturated heterocycles. The third-order valence-corrected chi connectivity index (χ3v) is 2.81. The molecule has 0 aliphatic heterocycles. The third kappa shape index (κ3) is 2.85. The summed E-state index contributed by atoms with van der Waals surface area (Å²) >= 11 is 5.64. The molecule has 20 heavy (non-hydrogen) atoms. The van der Waals surface area contributed by atoms with Crippen LogP contribution in [0, 0.1) is 21.7 Å². The van der Waals surface area contributed by atoms with Gasteiger partial charge in [0.1, 0.15) is 11.6 Å². The van der Waals surface area contributed by atoms with Gasteiger partial charge in [-0.25, -0.2) is 8.78 Å². The number of para-hydroxylation sites is 1. The lowest BCUT2D eigenvalue weighted by atomic mass is 10.2. The van der Waals surface area contributed by atoms with Gasteiger partial charge in [0.15, 0.2) is 5.82 Å². The van der Waals surface area contributed by atoms with Crippen molar-refractivity contribution in [1.82, 2.24) is 0 Å². The largest absolute Gasteiger partial charge is 0.447 e. The smallest absolute Gasteiger partial charge is 0.314 e. The number of nitro groups is 1. The molecular formula is C13H8ClF2NO3. The molecule has 0 bridgehead atoms. The number of rotatable bonds is 4. The third-order valence-electron chi connectivity index (χ3n) is 2.52. The van der Waals surface area contributed by atoms with E-state index in [9.17, 15) is 18.9 Å². The quantitative estimate of drug-likeness (QED) is 0.477. The second-order valence-electron chi connectivity index (χ2n) is 3.83. The van der Waals surface area contributed by atoms with E-state index in [0.717, 1.165) is 24.3 Å². The zero-order valence-corrected chi connectivity index (χ0v) is 10.7. The Bertz CT molecular complexity index is 664. The summed E-state index contributed by atoms with van der Waals surface area (Å²) in [5.41, 5.74) is -0.251. The normalized spacial score (nSPS) is 10.3. The first-order valence-corrected chi connectivity index (χ1v) is 6.01. The maximum absolute atomic E-state index is 13.7. The first-order valence-electron chi connectivity index (χ1n) is 5.48. The second kappa shape index (κ2) is 5.83. The summed E-state index contributed by atoms with van der Waals surface area (Å²) in [5.74, 6) is -1.96. The van der Waals surface area contributed by atoms with Gasteiger partial charge in [-0.3, -0.25) is 10.1 Å². The molecule has 0 radical (unpaired) electrons. The van der Waals surface area contributed by atoms with E-state index in [1.54, 1.807) is 0 Å². The van der Waals surface area contributed by atoms with Gasteiger partial charge in [-0.1, -0.05) is 6.07 Å². The Morgan fingerprint density at radius 1 is 1.25 bits per heavy atom. The summed E-state index contributed by atoms with van der Waals surface area (Å²) in [7, 11) is 0. The number of alkyl halides is 1. The number of nitro benzene ring substituents is 1. The van der Waals surface area contributed by atoms with Gasteiger partial charge in [0.05, 0.1) is 10.8 Å². The molecule has 2 aromatic carbocycles. The van der Waals surface area contributed by atoms with Gasteiger partial charge in [-0.05, 0) is 24.3 Å². The summed E-state index contributed by atoms with van der Waals surface area (Å²) in [4.78, 5) is 10.1. The van der Waals surface area contributed by atoms with Gasteiger partial charge in [0, 0.05) is 11.6 Å². The van der Waals surface area contributed by atoms with Crippen molar-refractivity contribution in [2.75, 3.05) is 0 Å². The molecule has 0 aromatic heterocycles. The van der Waals surface area contributed by atoms with Crippen molar-refractivity contribution < 1.29 is 18.4 Å². The van der Waals surface area contributed by atoms with Gasteiger partial charge in [-0.2, -0.15) is 0 Å². The Kier molecular flexibility index (Phi) is 4.14. The molecule has 0 N–H and O–H groups in total. The minimum atomic E-state index is -0.885. The van der Waals surface area contributed by atoms with Gasteiger partial charge in [0.25, 0.3) is 0 Å². The van der Waals surface area contributed by atoms with E-state index < -0.39 is 28.0 Å². The SMILES string of the molecule is O=[N+]([O-])c1cccc(F)c1Oc1ccc(F)cc1CCl. The minimum absolute atomic E-state index is 0.0644. The van der Waals surface area contributed by atoms with Gasteiger partial charge in [-0.15, -0.1) is 11.6 Å². The van der Waals surface area contributed by atoms with Crippen LogP contribution in [0.15, 0.2) is 36.4 Å². The highest BCUT2D eigenvalue weighted by atomic mass is 35.5. The zero-order chi connectivity index (χ0) is 14.7. The van der Waals surface area contributed by atoms with Gasteiger partial charge in [0.2, 0.25) is 5.75 Å². The lowest BCUT2D eigenvalue weighted by Crippen LogP contribution is -1.98. The first kappa shape index (κ1) is 14.2. The number of ether oxygens (including phenoxy) is 1. The van der Waals surface area contributed by atoms with E-state index in [1.807, 2.05) is 0 Å². The van der Waals surface area contributed by atoms with Crippen LogP contribution in [0.5, 0.6) is 11.5 Å². The van der Waals surface area contributed by atoms with E-state index in [1.165, 1.54) is 12.1 Å². The zero-order valence-electron chi connectivity index (χ0n) is 9.98. The van der Waals surface area contributed by atoms with Crippen LogP contribution in [-0.4, -0.2) is 4.92 Å². The number of nitrogens with zero attached hydrogens (tertiary/aromatic N) is 1. The predicted molar refractivity (Wildman–Crippen MR) is 69.1 cm³/mol. The molecule has 0 heterocycles. The minimum Gasteiger partial charge on any atom is -0.447 e. The average molecular weight is 300 g/mol. The molecule has 0 amide bonds. The molecule has 0 atom stereocenters. The molecule has 0 saturated carbocycles. The fraction of sp³-hybridized carbons (Fsp3) is 0.0769. The molecular weight excluding hydrogens is 292 g/mol. The first-order chi connectivity index (χ1) is 9.52. The van der Waals surface area contributed by atoms with Crippen LogP contribution in [0.3, 0.4) is 0 Å². The molecule has 4 nitrogen and oxygen atoms in total. The Hall–Kier alpha value is -2.21. The summed E-state index contributed by atoms with van der Waals surface area (Å²) in [5, 5.41) is 10.8. The van der Waals surface area contributed by atoms with E-state index in [-0.39, 0.29) is 17.2 Å². The molecule has 0 unspecified atom stereocenters. The van der Waals surface area contributed by atoms with Crippen LogP contribution < -0.4 is 4.74 Å². The maximum Gasteiger partial charge on any atom is 0.314 e. The molecule has 7 heteroatoms. The second-order valence-corrected chi connectivity index (χ2v) is 4.10. The van der Waals surface area contributed by atoms with Crippen molar-refractivity contribution in [1.29, 1.82) is 0 Å². The van der Waals surface area contributed by atoms with Crippen molar-refractivity contribution in [2.45, 2.75) is 5.88 Å². The molecule has 0 spiro atoms. The molecule has 2 aromatic rings. The van der Waals surface area contributed by atoms with Crippen LogP contribution in [0.4, 0.5) is 14.5 Å². The average Bonchev–Trinajstić information content (AvgIpc) is 2.42. The highest BCUT2D eigenvalue weighted by Gasteiger charge is 2.21. The van der Waals surface area contributed by atoms with E-state index in [4.69, 9.17) is 16.3 Å². The van der Waals surface area contributed by atoms with Crippen LogP contribution in [-0.2, 0) is 5.88 Å². The number of hydrogen-bond donors (Lipinski definition) is 0. The lowest BCUT2D eigenvalue weighted by molar-refractivity contribution is -0.385. The standard InChI is InChI=1S/C13H8ClF2NO3/c14-7-8-6-9(15)4-5-12(8)20-13-10(16)2-1-3-11(13)17(18)19/h1-6H,7H2. The van der Waals surface area contributed by atoms with Crippen LogP contribution >= 0.6 is 11.6 Å². The monoisotopic (exact) mass is 299 g/mol. The van der Waals surface area contributed by atoms with Crippen LogP contribution in [0.25, 0.3) is 0 Å². The fourth-order valence-corrected chi connectivity index (χ4v) is 1.81. The predicted octanol–water partition coefficient (Wildman–Crippen LogP) is 4.40. The highest BCUT2D eigenvalue weighted by Crippen LogP contribution is 2.35. The van der Waals surface area contributed by atoms with Gasteiger partial charge >= 0.3 is 5.69 Å². The van der Waals surface area contributed by atoms with Crippen molar-refractivity contribution in [2.24, 2.45) is 0 Å². The van der Waals surface area contributed by atoms with Crippen molar-refractivity contribution in [3.05, 3.63) is 63.7 Å². The van der Waals surface area contributed by atoms with E-state index in [2.05, 4.69) is 0 Å². The molecule has 104 valence electrons. The lowest BCUT2D eigenvalue weighted by Gasteiger charge is -2.10. The van der Waals surface area contributed by atoms with Crippen LogP contribution in [0.2, 0.25) is 0 Å². The number of halogens is 3. The Labute approximate surface area is 117 Å². The number of benzene rings is 2. The molecule has 0 aliphatic rings. The molecule has 0 fully saturated rings. The molecule has 2 rings (SSSR count). The topological polar surface area (TPSA) is 52.4 Å². The summed E-state index contributed by atoms with van der Waals surface area (Å²) in [6, 6.07) is 6.80. The van der Waals surface area contributed by atoms with Crippen molar-refractivity contribution >= 4 is 17.3 Å². The van der Waals surface area contributed by atoms with E-state index >= 15 is 0 Å². The fourth-order valence-electron chi connectivity index (χ4n) is 1.60. The Morgan fingerprint density at radius 3 is 2.65 bits per heavy atom. The molecule has 0 aliphatic carbocycles. The maximum atomic E-state index is 13.7.